The highest BCUT2D eigenvalue weighted by Crippen LogP contribution is 2.65. The van der Waals surface area contributed by atoms with Gasteiger partial charge in [-0.3, -0.25) is 10.0 Å². The number of amides is 1. The first-order valence-corrected chi connectivity index (χ1v) is 8.07. The van der Waals surface area contributed by atoms with E-state index in [0.29, 0.717) is 11.8 Å². The van der Waals surface area contributed by atoms with E-state index < -0.39 is 0 Å². The first-order chi connectivity index (χ1) is 10.1. The lowest BCUT2D eigenvalue weighted by Gasteiger charge is -2.61. The molecule has 0 saturated heterocycles. The van der Waals surface area contributed by atoms with Crippen molar-refractivity contribution in [3.05, 3.63) is 35.4 Å². The summed E-state index contributed by atoms with van der Waals surface area (Å²) in [6, 6.07) is 8.89. The van der Waals surface area contributed by atoms with Crippen molar-refractivity contribution in [3.63, 3.8) is 0 Å². The molecule has 4 aliphatic carbocycles. The molecule has 2 unspecified atom stereocenters. The average molecular weight is 285 g/mol. The molecule has 21 heavy (non-hydrogen) atoms. The Morgan fingerprint density at radius 2 is 1.76 bits per heavy atom. The number of rotatable bonds is 2. The fourth-order valence-electron chi connectivity index (χ4n) is 5.89. The second-order valence-corrected chi connectivity index (χ2v) is 7.83. The first kappa shape index (κ1) is 13.3. The molecule has 2 N–H and O–H groups in total. The summed E-state index contributed by atoms with van der Waals surface area (Å²) >= 11 is 0. The molecule has 0 heterocycles. The second-order valence-electron chi connectivity index (χ2n) is 7.83. The summed E-state index contributed by atoms with van der Waals surface area (Å²) in [4.78, 5) is 12.3. The van der Waals surface area contributed by atoms with E-state index in [0.717, 1.165) is 19.3 Å². The summed E-state index contributed by atoms with van der Waals surface area (Å²) < 4.78 is 0. The molecule has 4 saturated carbocycles. The van der Waals surface area contributed by atoms with Crippen molar-refractivity contribution in [2.24, 2.45) is 17.3 Å². The van der Waals surface area contributed by atoms with Gasteiger partial charge >= 0.3 is 0 Å². The molecule has 0 spiro atoms. The molecule has 0 aliphatic heterocycles. The van der Waals surface area contributed by atoms with Gasteiger partial charge < -0.3 is 0 Å². The summed E-state index contributed by atoms with van der Waals surface area (Å²) in [6.45, 7) is 2.12. The molecule has 0 aromatic heterocycles. The summed E-state index contributed by atoms with van der Waals surface area (Å²) in [7, 11) is 0. The average Bonchev–Trinajstić information content (AvgIpc) is 2.45. The molecule has 5 rings (SSSR count). The van der Waals surface area contributed by atoms with Crippen LogP contribution in [-0.2, 0) is 10.2 Å². The fourth-order valence-corrected chi connectivity index (χ4v) is 5.89. The van der Waals surface area contributed by atoms with Gasteiger partial charge in [0.25, 0.3) is 0 Å². The zero-order valence-corrected chi connectivity index (χ0v) is 12.6. The Morgan fingerprint density at radius 3 is 2.33 bits per heavy atom. The van der Waals surface area contributed by atoms with Crippen LogP contribution in [0.5, 0.6) is 0 Å². The number of hydroxylamine groups is 1. The van der Waals surface area contributed by atoms with Crippen molar-refractivity contribution < 1.29 is 10.0 Å². The van der Waals surface area contributed by atoms with Crippen LogP contribution in [0.4, 0.5) is 0 Å². The van der Waals surface area contributed by atoms with Crippen LogP contribution in [0.25, 0.3) is 0 Å². The Balaban J connectivity index is 1.76. The maximum absolute atomic E-state index is 12.3. The summed E-state index contributed by atoms with van der Waals surface area (Å²) in [5.41, 5.74) is 4.47. The van der Waals surface area contributed by atoms with Gasteiger partial charge in [0.15, 0.2) is 0 Å². The van der Waals surface area contributed by atoms with Crippen LogP contribution in [0.2, 0.25) is 0 Å². The number of hydrogen-bond donors (Lipinski definition) is 2. The summed E-state index contributed by atoms with van der Waals surface area (Å²) in [5.74, 6) is 1.14. The molecule has 4 bridgehead atoms. The maximum atomic E-state index is 12.3. The first-order valence-electron chi connectivity index (χ1n) is 8.07. The van der Waals surface area contributed by atoms with Crippen LogP contribution in [-0.4, -0.2) is 11.1 Å². The van der Waals surface area contributed by atoms with Crippen molar-refractivity contribution in [1.82, 2.24) is 5.48 Å². The van der Waals surface area contributed by atoms with E-state index in [9.17, 15) is 10.0 Å². The van der Waals surface area contributed by atoms with E-state index >= 15 is 0 Å². The number of nitrogens with one attached hydrogen (secondary N) is 1. The predicted octanol–water partition coefficient (Wildman–Crippen LogP) is 3.34. The van der Waals surface area contributed by atoms with Crippen molar-refractivity contribution in [2.75, 3.05) is 0 Å². The zero-order chi connectivity index (χ0) is 14.7. The van der Waals surface area contributed by atoms with E-state index in [2.05, 4.69) is 31.2 Å². The quantitative estimate of drug-likeness (QED) is 0.647. The molecule has 4 fully saturated rings. The third-order valence-corrected chi connectivity index (χ3v) is 6.31. The third kappa shape index (κ3) is 1.87. The zero-order valence-electron chi connectivity index (χ0n) is 12.6. The molecular weight excluding hydrogens is 262 g/mol. The molecule has 3 heteroatoms. The number of carbonyl (C=O) groups is 1. The molecule has 112 valence electrons. The highest BCUT2D eigenvalue weighted by atomic mass is 16.5. The van der Waals surface area contributed by atoms with Gasteiger partial charge in [-0.05, 0) is 68.3 Å². The van der Waals surface area contributed by atoms with Gasteiger partial charge in [0, 0.05) is 0 Å². The Morgan fingerprint density at radius 1 is 1.14 bits per heavy atom. The van der Waals surface area contributed by atoms with Crippen molar-refractivity contribution >= 4 is 5.91 Å². The van der Waals surface area contributed by atoms with E-state index in [1.54, 1.807) is 0 Å². The van der Waals surface area contributed by atoms with Crippen molar-refractivity contribution in [1.29, 1.82) is 0 Å². The Labute approximate surface area is 125 Å². The molecule has 4 atom stereocenters. The van der Waals surface area contributed by atoms with Crippen molar-refractivity contribution in [2.45, 2.75) is 50.9 Å². The van der Waals surface area contributed by atoms with Gasteiger partial charge in [0.2, 0.25) is 5.91 Å². The van der Waals surface area contributed by atoms with Gasteiger partial charge in [0.1, 0.15) is 0 Å². The van der Waals surface area contributed by atoms with E-state index in [1.165, 1.54) is 30.4 Å². The maximum Gasteiger partial charge on any atom is 0.249 e. The highest BCUT2D eigenvalue weighted by Gasteiger charge is 2.60. The fraction of sp³-hybridized carbons (Fsp3) is 0.611. The molecule has 0 radical (unpaired) electrons. The highest BCUT2D eigenvalue weighted by molar-refractivity contribution is 5.82. The Bertz CT molecular complexity index is 563. The van der Waals surface area contributed by atoms with Crippen LogP contribution in [0.1, 0.15) is 49.7 Å². The van der Waals surface area contributed by atoms with Crippen LogP contribution in [0, 0.1) is 24.2 Å². The van der Waals surface area contributed by atoms with Crippen molar-refractivity contribution in [3.8, 4) is 0 Å². The number of hydrogen-bond acceptors (Lipinski definition) is 2. The van der Waals surface area contributed by atoms with Gasteiger partial charge in [-0.15, -0.1) is 0 Å². The van der Waals surface area contributed by atoms with Gasteiger partial charge in [-0.25, -0.2) is 5.48 Å². The van der Waals surface area contributed by atoms with E-state index in [1.807, 2.05) is 5.48 Å². The van der Waals surface area contributed by atoms with Gasteiger partial charge in [0.05, 0.1) is 5.41 Å². The predicted molar refractivity (Wildman–Crippen MR) is 79.9 cm³/mol. The molecule has 1 aromatic rings. The van der Waals surface area contributed by atoms with Gasteiger partial charge in [-0.2, -0.15) is 0 Å². The summed E-state index contributed by atoms with van der Waals surface area (Å²) in [6.07, 6.45) is 6.53. The molecule has 1 aromatic carbocycles. The topological polar surface area (TPSA) is 49.3 Å². The summed E-state index contributed by atoms with van der Waals surface area (Å²) in [5, 5.41) is 9.19. The third-order valence-electron chi connectivity index (χ3n) is 6.31. The Kier molecular flexibility index (Phi) is 2.74. The standard InChI is InChI=1S/C18H23NO2/c1-12-2-4-15(5-3-12)17-7-13-6-14(8-17)10-18(9-13,11-17)16(20)19-21/h2-5,13-14,21H,6-11H2,1H3,(H,19,20)/t13-,14+,17?,18?. The minimum Gasteiger partial charge on any atom is -0.289 e. The largest absolute Gasteiger partial charge is 0.289 e. The lowest BCUT2D eigenvalue weighted by Crippen LogP contribution is -2.58. The number of carbonyl (C=O) groups excluding carboxylic acids is 1. The van der Waals surface area contributed by atoms with E-state index in [-0.39, 0.29) is 16.7 Å². The Hall–Kier alpha value is -1.35. The number of aryl methyl sites for hydroxylation is 1. The SMILES string of the molecule is Cc1ccc(C23C[C@@H]4C[C@@H](CC(C(=O)NO)(C4)C2)C3)cc1. The minimum atomic E-state index is -0.330. The van der Waals surface area contributed by atoms with Gasteiger partial charge in [-0.1, -0.05) is 29.8 Å². The normalized spacial score (nSPS) is 40.3. The monoisotopic (exact) mass is 285 g/mol. The molecular formula is C18H23NO2. The molecule has 4 aliphatic rings. The molecule has 1 amide bonds. The van der Waals surface area contributed by atoms with Crippen LogP contribution < -0.4 is 5.48 Å². The smallest absolute Gasteiger partial charge is 0.249 e. The number of benzene rings is 1. The molecule has 3 nitrogen and oxygen atoms in total. The lowest BCUT2D eigenvalue weighted by atomic mass is 9.42. The van der Waals surface area contributed by atoms with Crippen LogP contribution in [0.15, 0.2) is 24.3 Å². The minimum absolute atomic E-state index is 0.145. The van der Waals surface area contributed by atoms with E-state index in [4.69, 9.17) is 0 Å². The lowest BCUT2D eigenvalue weighted by molar-refractivity contribution is -0.157. The van der Waals surface area contributed by atoms with Crippen LogP contribution in [0.3, 0.4) is 0 Å². The van der Waals surface area contributed by atoms with Crippen LogP contribution >= 0.6 is 0 Å². The second kappa shape index (κ2) is 4.33.